The Balaban J connectivity index is 2.04. The Morgan fingerprint density at radius 3 is 2.64 bits per heavy atom. The molecular formula is C11H25N3. The van der Waals surface area contributed by atoms with Crippen LogP contribution in [0.5, 0.6) is 0 Å². The fourth-order valence-electron chi connectivity index (χ4n) is 1.91. The van der Waals surface area contributed by atoms with Crippen molar-refractivity contribution in [3.05, 3.63) is 0 Å². The molecule has 1 aliphatic carbocycles. The van der Waals surface area contributed by atoms with Crippen molar-refractivity contribution in [1.82, 2.24) is 10.2 Å². The van der Waals surface area contributed by atoms with E-state index in [1.165, 1.54) is 12.8 Å². The van der Waals surface area contributed by atoms with Crippen molar-refractivity contribution in [2.24, 2.45) is 5.73 Å². The second-order valence-electron chi connectivity index (χ2n) is 4.80. The summed E-state index contributed by atoms with van der Waals surface area (Å²) >= 11 is 0. The first-order chi connectivity index (χ1) is 6.59. The average molecular weight is 199 g/mol. The summed E-state index contributed by atoms with van der Waals surface area (Å²) in [7, 11) is 2.17. The van der Waals surface area contributed by atoms with Crippen molar-refractivity contribution in [1.29, 1.82) is 0 Å². The molecule has 3 nitrogen and oxygen atoms in total. The zero-order valence-corrected chi connectivity index (χ0v) is 9.79. The van der Waals surface area contributed by atoms with E-state index < -0.39 is 0 Å². The van der Waals surface area contributed by atoms with E-state index in [0.29, 0.717) is 18.1 Å². The van der Waals surface area contributed by atoms with Crippen LogP contribution in [0.3, 0.4) is 0 Å². The van der Waals surface area contributed by atoms with E-state index in [4.69, 9.17) is 5.73 Å². The summed E-state index contributed by atoms with van der Waals surface area (Å²) in [5.74, 6) is 0. The number of rotatable bonds is 5. The lowest BCUT2D eigenvalue weighted by Crippen LogP contribution is -2.37. The van der Waals surface area contributed by atoms with E-state index in [-0.39, 0.29) is 0 Å². The molecule has 2 atom stereocenters. The van der Waals surface area contributed by atoms with Gasteiger partial charge in [-0.3, -0.25) is 0 Å². The van der Waals surface area contributed by atoms with E-state index in [1.807, 2.05) is 0 Å². The maximum Gasteiger partial charge on any atom is 0.0107 e. The number of hydrogen-bond donors (Lipinski definition) is 2. The number of nitrogens with zero attached hydrogens (tertiary/aromatic N) is 1. The zero-order chi connectivity index (χ0) is 10.6. The smallest absolute Gasteiger partial charge is 0.0107 e. The molecule has 3 N–H and O–H groups in total. The SMILES string of the molecule is CC(C)N(C)CCNC1CCC(N)C1. The zero-order valence-electron chi connectivity index (χ0n) is 9.79. The molecule has 0 aromatic heterocycles. The Bertz CT molecular complexity index is 159. The molecule has 1 rings (SSSR count). The van der Waals surface area contributed by atoms with Crippen molar-refractivity contribution < 1.29 is 0 Å². The van der Waals surface area contributed by atoms with Crippen LogP contribution in [-0.2, 0) is 0 Å². The van der Waals surface area contributed by atoms with Crippen molar-refractivity contribution in [3.8, 4) is 0 Å². The predicted octanol–water partition coefficient (Wildman–Crippen LogP) is 0.796. The lowest BCUT2D eigenvalue weighted by Gasteiger charge is -2.22. The summed E-state index contributed by atoms with van der Waals surface area (Å²) in [5.41, 5.74) is 5.85. The number of hydrogen-bond acceptors (Lipinski definition) is 3. The third-order valence-corrected chi connectivity index (χ3v) is 3.25. The molecule has 0 bridgehead atoms. The van der Waals surface area contributed by atoms with Crippen LogP contribution in [-0.4, -0.2) is 43.2 Å². The minimum atomic E-state index is 0.440. The monoisotopic (exact) mass is 199 g/mol. The van der Waals surface area contributed by atoms with Gasteiger partial charge in [-0.25, -0.2) is 0 Å². The van der Waals surface area contributed by atoms with E-state index in [1.54, 1.807) is 0 Å². The first-order valence-corrected chi connectivity index (χ1v) is 5.78. The normalized spacial score (nSPS) is 27.9. The van der Waals surface area contributed by atoms with Gasteiger partial charge in [-0.1, -0.05) is 0 Å². The van der Waals surface area contributed by atoms with Crippen LogP contribution in [0.15, 0.2) is 0 Å². The van der Waals surface area contributed by atoms with Gasteiger partial charge < -0.3 is 16.0 Å². The van der Waals surface area contributed by atoms with Gasteiger partial charge in [-0.15, -0.1) is 0 Å². The van der Waals surface area contributed by atoms with E-state index in [0.717, 1.165) is 19.5 Å². The van der Waals surface area contributed by atoms with Crippen molar-refractivity contribution in [2.75, 3.05) is 20.1 Å². The molecule has 1 aliphatic rings. The highest BCUT2D eigenvalue weighted by molar-refractivity contribution is 4.82. The van der Waals surface area contributed by atoms with Gasteiger partial charge in [0.15, 0.2) is 0 Å². The summed E-state index contributed by atoms with van der Waals surface area (Å²) in [4.78, 5) is 2.36. The molecule has 1 saturated carbocycles. The fraction of sp³-hybridized carbons (Fsp3) is 1.00. The molecule has 0 saturated heterocycles. The molecule has 0 amide bonds. The number of likely N-dealkylation sites (N-methyl/N-ethyl adjacent to an activating group) is 1. The quantitative estimate of drug-likeness (QED) is 0.688. The fourth-order valence-corrected chi connectivity index (χ4v) is 1.91. The van der Waals surface area contributed by atoms with E-state index >= 15 is 0 Å². The lowest BCUT2D eigenvalue weighted by atomic mass is 10.2. The molecule has 2 unspecified atom stereocenters. The minimum absolute atomic E-state index is 0.440. The Kier molecular flexibility index (Phi) is 4.85. The van der Waals surface area contributed by atoms with Gasteiger partial charge in [0.25, 0.3) is 0 Å². The van der Waals surface area contributed by atoms with Gasteiger partial charge >= 0.3 is 0 Å². The van der Waals surface area contributed by atoms with Crippen molar-refractivity contribution >= 4 is 0 Å². The second kappa shape index (κ2) is 5.69. The molecule has 0 radical (unpaired) electrons. The Morgan fingerprint density at radius 1 is 1.43 bits per heavy atom. The maximum atomic E-state index is 5.85. The van der Waals surface area contributed by atoms with Crippen molar-refractivity contribution in [3.63, 3.8) is 0 Å². The molecule has 0 aromatic carbocycles. The first kappa shape index (κ1) is 12.0. The largest absolute Gasteiger partial charge is 0.328 e. The number of nitrogens with one attached hydrogen (secondary N) is 1. The highest BCUT2D eigenvalue weighted by atomic mass is 15.1. The van der Waals surface area contributed by atoms with Crippen LogP contribution in [0.1, 0.15) is 33.1 Å². The average Bonchev–Trinajstić information content (AvgIpc) is 2.51. The Hall–Kier alpha value is -0.120. The first-order valence-electron chi connectivity index (χ1n) is 5.78. The Morgan fingerprint density at radius 2 is 2.14 bits per heavy atom. The summed E-state index contributed by atoms with van der Waals surface area (Å²) in [6.07, 6.45) is 3.61. The Labute approximate surface area is 88.0 Å². The van der Waals surface area contributed by atoms with Crippen LogP contribution in [0, 0.1) is 0 Å². The van der Waals surface area contributed by atoms with Crippen molar-refractivity contribution in [2.45, 2.75) is 51.2 Å². The lowest BCUT2D eigenvalue weighted by molar-refractivity contribution is 0.268. The molecule has 3 heteroatoms. The van der Waals surface area contributed by atoms with Crippen LogP contribution in [0.4, 0.5) is 0 Å². The number of nitrogens with two attached hydrogens (primary N) is 1. The topological polar surface area (TPSA) is 41.3 Å². The van der Waals surface area contributed by atoms with Crippen LogP contribution in [0.25, 0.3) is 0 Å². The van der Waals surface area contributed by atoms with Gasteiger partial charge in [0.1, 0.15) is 0 Å². The third-order valence-electron chi connectivity index (χ3n) is 3.25. The summed E-state index contributed by atoms with van der Waals surface area (Å²) < 4.78 is 0. The summed E-state index contributed by atoms with van der Waals surface area (Å²) in [6.45, 7) is 6.67. The molecule has 14 heavy (non-hydrogen) atoms. The molecule has 0 heterocycles. The van der Waals surface area contributed by atoms with Crippen LogP contribution < -0.4 is 11.1 Å². The molecule has 0 aromatic rings. The molecular weight excluding hydrogens is 174 g/mol. The highest BCUT2D eigenvalue weighted by Gasteiger charge is 2.20. The molecule has 1 fully saturated rings. The third kappa shape index (κ3) is 3.95. The summed E-state index contributed by atoms with van der Waals surface area (Å²) in [6, 6.07) is 1.75. The highest BCUT2D eigenvalue weighted by Crippen LogP contribution is 2.16. The van der Waals surface area contributed by atoms with Crippen LogP contribution in [0.2, 0.25) is 0 Å². The molecule has 84 valence electrons. The van der Waals surface area contributed by atoms with Gasteiger partial charge in [0.05, 0.1) is 0 Å². The van der Waals surface area contributed by atoms with Gasteiger partial charge in [0.2, 0.25) is 0 Å². The molecule has 0 spiro atoms. The predicted molar refractivity (Wildman–Crippen MR) is 61.4 cm³/mol. The van der Waals surface area contributed by atoms with Gasteiger partial charge in [-0.2, -0.15) is 0 Å². The summed E-state index contributed by atoms with van der Waals surface area (Å²) in [5, 5.41) is 3.58. The van der Waals surface area contributed by atoms with E-state index in [2.05, 4.69) is 31.1 Å². The van der Waals surface area contributed by atoms with E-state index in [9.17, 15) is 0 Å². The maximum absolute atomic E-state index is 5.85. The van der Waals surface area contributed by atoms with Gasteiger partial charge in [-0.05, 0) is 40.2 Å². The second-order valence-corrected chi connectivity index (χ2v) is 4.80. The van der Waals surface area contributed by atoms with Crippen LogP contribution >= 0.6 is 0 Å². The molecule has 0 aliphatic heterocycles. The van der Waals surface area contributed by atoms with Gasteiger partial charge in [0, 0.05) is 31.2 Å². The standard InChI is InChI=1S/C11H25N3/c1-9(2)14(3)7-6-13-11-5-4-10(12)8-11/h9-11,13H,4-8,12H2,1-3H3. The minimum Gasteiger partial charge on any atom is -0.328 e.